The van der Waals surface area contributed by atoms with Crippen molar-refractivity contribution < 1.29 is 34.0 Å². The number of pyridine rings is 1. The summed E-state index contributed by atoms with van der Waals surface area (Å²) in [4.78, 5) is 34.8. The number of nitrogens with zero attached hydrogens (tertiary/aromatic N) is 3. The lowest BCUT2D eigenvalue weighted by atomic mass is 9.74. The van der Waals surface area contributed by atoms with Gasteiger partial charge in [-0.1, -0.05) is 24.6 Å². The number of aliphatic hydroxyl groups excluding tert-OH is 2. The maximum atomic E-state index is 13.3. The fraction of sp³-hybridized carbons (Fsp3) is 0.567. The van der Waals surface area contributed by atoms with E-state index in [0.29, 0.717) is 43.7 Å². The molecule has 2 fully saturated rings. The normalized spacial score (nSPS) is 22.9. The van der Waals surface area contributed by atoms with Crippen LogP contribution in [0.4, 0.5) is 0 Å². The second kappa shape index (κ2) is 14.4. The minimum Gasteiger partial charge on any atom is -0.493 e. The highest BCUT2D eigenvalue weighted by Crippen LogP contribution is 2.38. The molecule has 0 unspecified atom stereocenters. The summed E-state index contributed by atoms with van der Waals surface area (Å²) >= 11 is 0. The molecule has 1 amide bonds. The van der Waals surface area contributed by atoms with E-state index in [1.54, 1.807) is 30.3 Å². The number of rotatable bonds is 6. The number of esters is 1. The van der Waals surface area contributed by atoms with E-state index in [-0.39, 0.29) is 38.1 Å². The first kappa shape index (κ1) is 29.8. The fourth-order valence-corrected chi connectivity index (χ4v) is 5.42. The Morgan fingerprint density at radius 2 is 1.75 bits per heavy atom. The summed E-state index contributed by atoms with van der Waals surface area (Å²) in [5.74, 6) is 0.493. The van der Waals surface area contributed by atoms with Crippen molar-refractivity contribution in [2.45, 2.75) is 57.3 Å². The van der Waals surface area contributed by atoms with Gasteiger partial charge in [0.25, 0.3) is 5.91 Å². The van der Waals surface area contributed by atoms with Gasteiger partial charge in [-0.05, 0) is 69.5 Å². The van der Waals surface area contributed by atoms with Crippen LogP contribution in [0.25, 0.3) is 0 Å². The quantitative estimate of drug-likeness (QED) is 0.518. The van der Waals surface area contributed by atoms with Crippen molar-refractivity contribution in [3.8, 4) is 11.5 Å². The van der Waals surface area contributed by atoms with Crippen LogP contribution in [-0.4, -0.2) is 95.6 Å². The molecule has 1 spiro atoms. The molecule has 0 saturated carbocycles. The summed E-state index contributed by atoms with van der Waals surface area (Å²) < 4.78 is 16.6. The molecule has 2 aromatic rings. The van der Waals surface area contributed by atoms with Crippen LogP contribution in [0, 0.1) is 5.41 Å². The zero-order valence-corrected chi connectivity index (χ0v) is 23.2. The Morgan fingerprint density at radius 3 is 2.48 bits per heavy atom. The summed E-state index contributed by atoms with van der Waals surface area (Å²) in [6.07, 6.45) is 2.96. The minimum absolute atomic E-state index is 0.159. The van der Waals surface area contributed by atoms with Crippen LogP contribution in [0.2, 0.25) is 0 Å². The molecule has 2 atom stereocenters. The monoisotopic (exact) mass is 555 g/mol. The number of hydrogen-bond acceptors (Lipinski definition) is 9. The van der Waals surface area contributed by atoms with Gasteiger partial charge in [0.2, 0.25) is 0 Å². The van der Waals surface area contributed by atoms with Gasteiger partial charge in [-0.3, -0.25) is 19.5 Å². The highest BCUT2D eigenvalue weighted by atomic mass is 16.5. The number of likely N-dealkylation sites (tertiary alicyclic amines) is 1. The van der Waals surface area contributed by atoms with Crippen molar-refractivity contribution >= 4 is 11.9 Å². The summed E-state index contributed by atoms with van der Waals surface area (Å²) in [6.45, 7) is 2.48. The predicted molar refractivity (Wildman–Crippen MR) is 148 cm³/mol. The molecule has 2 aliphatic heterocycles. The van der Waals surface area contributed by atoms with Crippen LogP contribution >= 0.6 is 0 Å². The third-order valence-electron chi connectivity index (χ3n) is 7.99. The molecular weight excluding hydrogens is 514 g/mol. The van der Waals surface area contributed by atoms with Crippen molar-refractivity contribution in [2.24, 2.45) is 5.41 Å². The summed E-state index contributed by atoms with van der Waals surface area (Å²) in [7, 11) is 1.54. The molecule has 4 rings (SSSR count). The maximum Gasteiger partial charge on any atom is 0.312 e. The van der Waals surface area contributed by atoms with Crippen molar-refractivity contribution in [3.63, 3.8) is 0 Å². The van der Waals surface area contributed by atoms with E-state index in [2.05, 4.69) is 9.88 Å². The van der Waals surface area contributed by atoms with Gasteiger partial charge < -0.3 is 29.3 Å². The van der Waals surface area contributed by atoms with Crippen LogP contribution in [0.5, 0.6) is 11.5 Å². The SMILES string of the molecule is COc1ccccc1OCC(=O)N1CCCCC2(CCN(Cc3ccccn3)CC2)C(=O)OC[C@@H](O)[C@@H](O)CC1. The molecule has 1 aromatic heterocycles. The molecule has 0 bridgehead atoms. The zero-order chi connectivity index (χ0) is 28.4. The number of benzene rings is 1. The van der Waals surface area contributed by atoms with Gasteiger partial charge >= 0.3 is 5.97 Å². The number of amides is 1. The molecule has 218 valence electrons. The van der Waals surface area contributed by atoms with E-state index in [9.17, 15) is 19.8 Å². The molecule has 0 radical (unpaired) electrons. The predicted octanol–water partition coefficient (Wildman–Crippen LogP) is 2.42. The Kier molecular flexibility index (Phi) is 10.7. The molecule has 2 N–H and O–H groups in total. The maximum absolute atomic E-state index is 13.3. The van der Waals surface area contributed by atoms with Gasteiger partial charge in [-0.2, -0.15) is 0 Å². The van der Waals surface area contributed by atoms with E-state index in [1.165, 1.54) is 0 Å². The van der Waals surface area contributed by atoms with Crippen LogP contribution in [-0.2, 0) is 20.9 Å². The van der Waals surface area contributed by atoms with Crippen LogP contribution in [0.15, 0.2) is 48.7 Å². The summed E-state index contributed by atoms with van der Waals surface area (Å²) in [5.41, 5.74) is 0.341. The number of cyclic esters (lactones) is 1. The standard InChI is InChI=1S/C30H41N3O7/c1-38-26-9-2-3-10-27(26)39-22-28(36)33-16-7-5-12-30(29(37)40-21-25(35)24(34)11-17-33)13-18-32(19-14-30)20-23-8-4-6-15-31-23/h2-4,6,8-10,15,24-25,34-35H,5,7,11-14,16-22H2,1H3/t24-,25+/m0/s1. The number of carbonyl (C=O) groups is 2. The van der Waals surface area contributed by atoms with E-state index in [1.807, 2.05) is 30.3 Å². The van der Waals surface area contributed by atoms with Gasteiger partial charge in [0.1, 0.15) is 12.7 Å². The van der Waals surface area contributed by atoms with E-state index in [4.69, 9.17) is 14.2 Å². The van der Waals surface area contributed by atoms with Crippen molar-refractivity contribution in [1.29, 1.82) is 0 Å². The Balaban J connectivity index is 1.38. The first-order valence-corrected chi connectivity index (χ1v) is 14.1. The largest absolute Gasteiger partial charge is 0.493 e. The second-order valence-electron chi connectivity index (χ2n) is 10.7. The Hall–Kier alpha value is -3.21. The Morgan fingerprint density at radius 1 is 1.00 bits per heavy atom. The van der Waals surface area contributed by atoms with Crippen molar-refractivity contribution in [2.75, 3.05) is 46.5 Å². The molecule has 10 nitrogen and oxygen atoms in total. The lowest BCUT2D eigenvalue weighted by Crippen LogP contribution is -2.46. The number of aliphatic hydroxyl groups is 2. The van der Waals surface area contributed by atoms with Gasteiger partial charge in [-0.15, -0.1) is 0 Å². The van der Waals surface area contributed by atoms with Crippen molar-refractivity contribution in [3.05, 3.63) is 54.4 Å². The molecule has 40 heavy (non-hydrogen) atoms. The van der Waals surface area contributed by atoms with Gasteiger partial charge in [-0.25, -0.2) is 0 Å². The lowest BCUT2D eigenvalue weighted by Gasteiger charge is -2.40. The Labute approximate surface area is 235 Å². The molecule has 10 heteroatoms. The number of aromatic nitrogens is 1. The second-order valence-corrected chi connectivity index (χ2v) is 10.7. The Bertz CT molecular complexity index is 1090. The molecule has 3 heterocycles. The molecule has 2 saturated heterocycles. The molecule has 0 aliphatic carbocycles. The number of piperidine rings is 1. The summed E-state index contributed by atoms with van der Waals surface area (Å²) in [5, 5.41) is 21.0. The van der Waals surface area contributed by atoms with E-state index >= 15 is 0 Å². The number of hydrogen-bond donors (Lipinski definition) is 2. The number of ether oxygens (including phenoxy) is 3. The van der Waals surface area contributed by atoms with Gasteiger partial charge in [0, 0.05) is 25.8 Å². The topological polar surface area (TPSA) is 122 Å². The third-order valence-corrected chi connectivity index (χ3v) is 7.99. The highest BCUT2D eigenvalue weighted by molar-refractivity contribution is 5.78. The average Bonchev–Trinajstić information content (AvgIpc) is 2.99. The lowest BCUT2D eigenvalue weighted by molar-refractivity contribution is -0.165. The van der Waals surface area contributed by atoms with Crippen LogP contribution in [0.1, 0.15) is 44.2 Å². The zero-order valence-electron chi connectivity index (χ0n) is 23.2. The average molecular weight is 556 g/mol. The molecular formula is C30H41N3O7. The van der Waals surface area contributed by atoms with E-state index < -0.39 is 17.6 Å². The first-order chi connectivity index (χ1) is 19.4. The first-order valence-electron chi connectivity index (χ1n) is 14.1. The molecule has 2 aliphatic rings. The van der Waals surface area contributed by atoms with Gasteiger partial charge in [0.15, 0.2) is 18.1 Å². The van der Waals surface area contributed by atoms with E-state index in [0.717, 1.165) is 31.7 Å². The highest BCUT2D eigenvalue weighted by Gasteiger charge is 2.42. The minimum atomic E-state index is -1.23. The van der Waals surface area contributed by atoms with Gasteiger partial charge in [0.05, 0.1) is 24.3 Å². The summed E-state index contributed by atoms with van der Waals surface area (Å²) in [6, 6.07) is 13.0. The number of methoxy groups -OCH3 is 1. The third kappa shape index (κ3) is 7.93. The number of para-hydroxylation sites is 2. The molecule has 1 aromatic carbocycles. The fourth-order valence-electron chi connectivity index (χ4n) is 5.42. The van der Waals surface area contributed by atoms with Crippen molar-refractivity contribution in [1.82, 2.24) is 14.8 Å². The number of carbonyl (C=O) groups excluding carboxylic acids is 2. The smallest absolute Gasteiger partial charge is 0.312 e. The van der Waals surface area contributed by atoms with Crippen LogP contribution < -0.4 is 9.47 Å². The van der Waals surface area contributed by atoms with Crippen LogP contribution in [0.3, 0.4) is 0 Å².